The van der Waals surface area contributed by atoms with Gasteiger partial charge in [-0.2, -0.15) is 0 Å². The highest BCUT2D eigenvalue weighted by molar-refractivity contribution is 5.85. The van der Waals surface area contributed by atoms with Crippen LogP contribution in [-0.2, 0) is 0 Å². The number of H-pyrrole nitrogens is 1. The van der Waals surface area contributed by atoms with Crippen LogP contribution >= 0.6 is 0 Å². The average molecular weight is 207 g/mol. The second-order valence-corrected chi connectivity index (χ2v) is 2.38. The molecule has 2 N–H and O–H groups in total. The van der Waals surface area contributed by atoms with Gasteiger partial charge in [0.1, 0.15) is 0 Å². The Bertz CT molecular complexity index is 427. The van der Waals surface area contributed by atoms with E-state index in [1.54, 1.807) is 0 Å². The zero-order valence-corrected chi connectivity index (χ0v) is 6.55. The van der Waals surface area contributed by atoms with Gasteiger partial charge in [0.15, 0.2) is 11.5 Å². The Morgan fingerprint density at radius 2 is 2.07 bits per heavy atom. The molecule has 0 spiro atoms. The SMILES string of the molecule is O=C(O)c1[nH]c(=O)c(C(F)F)cc1F. The van der Waals surface area contributed by atoms with Gasteiger partial charge >= 0.3 is 5.97 Å². The molecular formula is C7H4F3NO3. The van der Waals surface area contributed by atoms with E-state index in [-0.39, 0.29) is 6.07 Å². The number of carboxylic acids is 1. The van der Waals surface area contributed by atoms with Crippen molar-refractivity contribution in [1.82, 2.24) is 4.98 Å². The molecule has 7 heteroatoms. The summed E-state index contributed by atoms with van der Waals surface area (Å²) in [7, 11) is 0. The summed E-state index contributed by atoms with van der Waals surface area (Å²) in [6, 6.07) is 0.215. The maximum atomic E-state index is 12.8. The highest BCUT2D eigenvalue weighted by Crippen LogP contribution is 2.15. The molecule has 0 atom stereocenters. The molecule has 0 aliphatic heterocycles. The van der Waals surface area contributed by atoms with Gasteiger partial charge in [0.2, 0.25) is 0 Å². The van der Waals surface area contributed by atoms with Crippen LogP contribution in [0.25, 0.3) is 0 Å². The average Bonchev–Trinajstić information content (AvgIpc) is 2.07. The van der Waals surface area contributed by atoms with E-state index in [2.05, 4.69) is 0 Å². The normalized spacial score (nSPS) is 10.6. The summed E-state index contributed by atoms with van der Waals surface area (Å²) in [5.41, 5.74) is -3.43. The summed E-state index contributed by atoms with van der Waals surface area (Å²) >= 11 is 0. The van der Waals surface area contributed by atoms with Crippen LogP contribution < -0.4 is 5.56 Å². The number of hydrogen-bond donors (Lipinski definition) is 2. The fourth-order valence-electron chi connectivity index (χ4n) is 0.837. The topological polar surface area (TPSA) is 70.2 Å². The lowest BCUT2D eigenvalue weighted by atomic mass is 10.2. The molecule has 76 valence electrons. The number of aromatic amines is 1. The van der Waals surface area contributed by atoms with Crippen LogP contribution in [0, 0.1) is 5.82 Å². The first-order valence-electron chi connectivity index (χ1n) is 3.37. The molecule has 0 radical (unpaired) electrons. The number of nitrogens with one attached hydrogen (secondary N) is 1. The van der Waals surface area contributed by atoms with Crippen LogP contribution in [0.1, 0.15) is 22.5 Å². The maximum absolute atomic E-state index is 12.8. The fourth-order valence-corrected chi connectivity index (χ4v) is 0.837. The highest BCUT2D eigenvalue weighted by atomic mass is 19.3. The molecule has 4 nitrogen and oxygen atoms in total. The van der Waals surface area contributed by atoms with Gasteiger partial charge in [0.25, 0.3) is 12.0 Å². The summed E-state index contributed by atoms with van der Waals surface area (Å²) in [5, 5.41) is 8.32. The van der Waals surface area contributed by atoms with Crippen molar-refractivity contribution < 1.29 is 23.1 Å². The lowest BCUT2D eigenvalue weighted by molar-refractivity contribution is 0.0683. The van der Waals surface area contributed by atoms with Crippen LogP contribution in [0.4, 0.5) is 13.2 Å². The van der Waals surface area contributed by atoms with Crippen molar-refractivity contribution in [3.63, 3.8) is 0 Å². The molecule has 0 aromatic carbocycles. The molecular weight excluding hydrogens is 203 g/mol. The third kappa shape index (κ3) is 1.76. The largest absolute Gasteiger partial charge is 0.476 e. The maximum Gasteiger partial charge on any atom is 0.355 e. The van der Waals surface area contributed by atoms with E-state index in [1.807, 2.05) is 0 Å². The summed E-state index contributed by atoms with van der Waals surface area (Å²) in [6.07, 6.45) is -3.14. The number of rotatable bonds is 2. The van der Waals surface area contributed by atoms with Crippen molar-refractivity contribution in [3.05, 3.63) is 33.5 Å². The Kier molecular flexibility index (Phi) is 2.59. The van der Waals surface area contributed by atoms with Crippen molar-refractivity contribution >= 4 is 5.97 Å². The molecule has 0 fully saturated rings. The van der Waals surface area contributed by atoms with Crippen molar-refractivity contribution in [2.24, 2.45) is 0 Å². The van der Waals surface area contributed by atoms with Crippen LogP contribution in [-0.4, -0.2) is 16.1 Å². The molecule has 0 aliphatic rings. The van der Waals surface area contributed by atoms with E-state index in [4.69, 9.17) is 5.11 Å². The smallest absolute Gasteiger partial charge is 0.355 e. The minimum Gasteiger partial charge on any atom is -0.476 e. The van der Waals surface area contributed by atoms with Gasteiger partial charge in [-0.05, 0) is 6.07 Å². The lowest BCUT2D eigenvalue weighted by Gasteiger charge is -2.00. The van der Waals surface area contributed by atoms with Crippen molar-refractivity contribution in [3.8, 4) is 0 Å². The molecule has 0 bridgehead atoms. The third-order valence-electron chi connectivity index (χ3n) is 1.47. The molecule has 0 amide bonds. The predicted molar refractivity (Wildman–Crippen MR) is 38.9 cm³/mol. The van der Waals surface area contributed by atoms with Gasteiger partial charge < -0.3 is 10.1 Å². The van der Waals surface area contributed by atoms with Crippen LogP contribution in [0.5, 0.6) is 0 Å². The third-order valence-corrected chi connectivity index (χ3v) is 1.47. The number of halogens is 3. The Morgan fingerprint density at radius 1 is 1.50 bits per heavy atom. The molecule has 0 saturated carbocycles. The first kappa shape index (κ1) is 10.3. The Morgan fingerprint density at radius 3 is 2.50 bits per heavy atom. The van der Waals surface area contributed by atoms with Crippen molar-refractivity contribution in [2.45, 2.75) is 6.43 Å². The van der Waals surface area contributed by atoms with Crippen LogP contribution in [0.15, 0.2) is 10.9 Å². The quantitative estimate of drug-likeness (QED) is 0.764. The van der Waals surface area contributed by atoms with Crippen molar-refractivity contribution in [1.29, 1.82) is 0 Å². The van der Waals surface area contributed by atoms with Crippen LogP contribution in [0.2, 0.25) is 0 Å². The predicted octanol–water partition coefficient (Wildman–Crippen LogP) is 1.15. The van der Waals surface area contributed by atoms with E-state index in [9.17, 15) is 22.8 Å². The molecule has 1 rings (SSSR count). The number of carboxylic acid groups (broad SMARTS) is 1. The summed E-state index contributed by atoms with van der Waals surface area (Å²) in [5.74, 6) is -3.12. The Labute approximate surface area is 75.0 Å². The first-order chi connectivity index (χ1) is 6.43. The summed E-state index contributed by atoms with van der Waals surface area (Å²) in [4.78, 5) is 22.5. The summed E-state index contributed by atoms with van der Waals surface area (Å²) < 4.78 is 36.8. The van der Waals surface area contributed by atoms with E-state index in [0.717, 1.165) is 0 Å². The Hall–Kier alpha value is -1.79. The van der Waals surface area contributed by atoms with E-state index in [0.29, 0.717) is 0 Å². The number of pyridine rings is 1. The molecule has 1 heterocycles. The van der Waals surface area contributed by atoms with Crippen molar-refractivity contribution in [2.75, 3.05) is 0 Å². The molecule has 0 unspecified atom stereocenters. The lowest BCUT2D eigenvalue weighted by Crippen LogP contribution is -2.19. The second kappa shape index (κ2) is 3.52. The number of aromatic nitrogens is 1. The Balaban J connectivity index is 3.39. The number of aromatic carboxylic acids is 1. The van der Waals surface area contributed by atoms with Gasteiger partial charge in [0, 0.05) is 0 Å². The minimum absolute atomic E-state index is 0.215. The van der Waals surface area contributed by atoms with Gasteiger partial charge in [-0.1, -0.05) is 0 Å². The van der Waals surface area contributed by atoms with Gasteiger partial charge in [-0.15, -0.1) is 0 Å². The highest BCUT2D eigenvalue weighted by Gasteiger charge is 2.18. The van der Waals surface area contributed by atoms with Gasteiger partial charge in [-0.25, -0.2) is 18.0 Å². The molecule has 0 aliphatic carbocycles. The monoisotopic (exact) mass is 207 g/mol. The number of carbonyl (C=O) groups is 1. The molecule has 1 aromatic heterocycles. The second-order valence-electron chi connectivity index (χ2n) is 2.38. The zero-order valence-electron chi connectivity index (χ0n) is 6.55. The van der Waals surface area contributed by atoms with E-state index >= 15 is 0 Å². The van der Waals surface area contributed by atoms with E-state index in [1.165, 1.54) is 4.98 Å². The van der Waals surface area contributed by atoms with E-state index < -0.39 is 35.0 Å². The standard InChI is InChI=1S/C7H4F3NO3/c8-3-1-2(5(9)10)6(12)11-4(3)7(13)14/h1,5H,(H,11,12)(H,13,14). The zero-order chi connectivity index (χ0) is 10.9. The minimum atomic E-state index is -3.14. The van der Waals surface area contributed by atoms with Crippen LogP contribution in [0.3, 0.4) is 0 Å². The number of alkyl halides is 2. The number of hydrogen-bond acceptors (Lipinski definition) is 2. The fraction of sp³-hybridized carbons (Fsp3) is 0.143. The van der Waals surface area contributed by atoms with Gasteiger partial charge in [-0.3, -0.25) is 4.79 Å². The molecule has 14 heavy (non-hydrogen) atoms. The molecule has 1 aromatic rings. The first-order valence-corrected chi connectivity index (χ1v) is 3.37. The van der Waals surface area contributed by atoms with Gasteiger partial charge in [0.05, 0.1) is 5.56 Å². The summed E-state index contributed by atoms with van der Waals surface area (Å²) in [6.45, 7) is 0. The molecule has 0 saturated heterocycles.